The summed E-state index contributed by atoms with van der Waals surface area (Å²) in [5.74, 6) is -0.105. The summed E-state index contributed by atoms with van der Waals surface area (Å²) in [4.78, 5) is 19.4. The Balaban J connectivity index is 1.62. The molecular weight excluding hydrogens is 364 g/mol. The lowest BCUT2D eigenvalue weighted by Gasteiger charge is -2.45. The van der Waals surface area contributed by atoms with Crippen molar-refractivity contribution in [3.05, 3.63) is 48.5 Å². The third-order valence-electron chi connectivity index (χ3n) is 5.67. The number of benzene rings is 1. The zero-order valence-corrected chi connectivity index (χ0v) is 16.2. The summed E-state index contributed by atoms with van der Waals surface area (Å²) in [6, 6.07) is 8.53. The van der Waals surface area contributed by atoms with E-state index >= 15 is 0 Å². The van der Waals surface area contributed by atoms with Gasteiger partial charge in [-0.1, -0.05) is 18.2 Å². The second-order valence-electron chi connectivity index (χ2n) is 7.46. The van der Waals surface area contributed by atoms with Gasteiger partial charge in [0.2, 0.25) is 10.0 Å². The van der Waals surface area contributed by atoms with E-state index in [1.807, 2.05) is 11.9 Å². The van der Waals surface area contributed by atoms with Crippen molar-refractivity contribution in [3.63, 3.8) is 0 Å². The Labute approximate surface area is 159 Å². The van der Waals surface area contributed by atoms with Crippen molar-refractivity contribution in [1.29, 1.82) is 0 Å². The minimum atomic E-state index is -3.56. The van der Waals surface area contributed by atoms with E-state index in [9.17, 15) is 13.2 Å². The van der Waals surface area contributed by atoms with Crippen molar-refractivity contribution < 1.29 is 13.2 Å². The van der Waals surface area contributed by atoms with Gasteiger partial charge < -0.3 is 9.47 Å². The highest BCUT2D eigenvalue weighted by molar-refractivity contribution is 7.89. The average Bonchev–Trinajstić information content (AvgIpc) is 3.28. The summed E-state index contributed by atoms with van der Waals surface area (Å²) < 4.78 is 29.5. The lowest BCUT2D eigenvalue weighted by atomic mass is 9.87. The van der Waals surface area contributed by atoms with Crippen molar-refractivity contribution in [2.24, 2.45) is 7.05 Å². The topological polar surface area (TPSA) is 75.5 Å². The van der Waals surface area contributed by atoms with Crippen LogP contribution in [0.1, 0.15) is 36.2 Å². The molecule has 1 aromatic carbocycles. The number of imidazole rings is 1. The van der Waals surface area contributed by atoms with Gasteiger partial charge in [-0.15, -0.1) is 0 Å². The number of rotatable bonds is 3. The third-order valence-corrected chi connectivity index (χ3v) is 7.53. The van der Waals surface area contributed by atoms with Crippen LogP contribution in [-0.2, 0) is 17.1 Å². The van der Waals surface area contributed by atoms with Gasteiger partial charge in [0.15, 0.2) is 0 Å². The average molecular weight is 388 g/mol. The van der Waals surface area contributed by atoms with Crippen LogP contribution in [0.25, 0.3) is 0 Å². The van der Waals surface area contributed by atoms with Crippen molar-refractivity contribution in [1.82, 2.24) is 18.8 Å². The Morgan fingerprint density at radius 2 is 1.81 bits per heavy atom. The van der Waals surface area contributed by atoms with Crippen molar-refractivity contribution in [3.8, 4) is 0 Å². The van der Waals surface area contributed by atoms with Crippen LogP contribution in [0.5, 0.6) is 0 Å². The fourth-order valence-electron chi connectivity index (χ4n) is 4.36. The molecule has 4 rings (SSSR count). The predicted molar refractivity (Wildman–Crippen MR) is 101 cm³/mol. The van der Waals surface area contributed by atoms with E-state index in [1.54, 1.807) is 51.7 Å². The lowest BCUT2D eigenvalue weighted by Crippen LogP contribution is -2.58. The largest absolute Gasteiger partial charge is 0.340 e. The van der Waals surface area contributed by atoms with Gasteiger partial charge in [-0.2, -0.15) is 4.31 Å². The van der Waals surface area contributed by atoms with Gasteiger partial charge in [-0.25, -0.2) is 13.4 Å². The van der Waals surface area contributed by atoms with Crippen LogP contribution in [-0.4, -0.2) is 58.3 Å². The first kappa shape index (κ1) is 18.2. The van der Waals surface area contributed by atoms with Gasteiger partial charge in [0.1, 0.15) is 5.69 Å². The van der Waals surface area contributed by atoms with E-state index in [-0.39, 0.29) is 5.91 Å². The van der Waals surface area contributed by atoms with Gasteiger partial charge in [-0.05, 0) is 37.8 Å². The quantitative estimate of drug-likeness (QED) is 0.805. The summed E-state index contributed by atoms with van der Waals surface area (Å²) in [5.41, 5.74) is -0.0175. The van der Waals surface area contributed by atoms with Crippen molar-refractivity contribution in [2.45, 2.75) is 36.1 Å². The van der Waals surface area contributed by atoms with Crippen LogP contribution in [0.15, 0.2) is 47.8 Å². The summed E-state index contributed by atoms with van der Waals surface area (Å²) in [6.45, 7) is 1.49. The standard InChI is InChI=1S/C19H24N4O3S/c1-21-13-17(20-15-21)18(24)23-12-6-10-19(23)9-5-11-22(14-19)27(25,26)16-7-3-2-4-8-16/h2-4,7-8,13,15H,5-6,9-12,14H2,1H3. The first-order chi connectivity index (χ1) is 12.9. The second-order valence-corrected chi connectivity index (χ2v) is 9.40. The smallest absolute Gasteiger partial charge is 0.274 e. The molecule has 1 atom stereocenters. The number of carbonyl (C=O) groups excluding carboxylic acids is 1. The van der Waals surface area contributed by atoms with Crippen molar-refractivity contribution in [2.75, 3.05) is 19.6 Å². The molecule has 1 amide bonds. The van der Waals surface area contributed by atoms with E-state index in [1.165, 1.54) is 0 Å². The Morgan fingerprint density at radius 1 is 1.11 bits per heavy atom. The summed E-state index contributed by atoms with van der Waals surface area (Å²) in [5, 5.41) is 0. The third kappa shape index (κ3) is 3.17. The van der Waals surface area contributed by atoms with Gasteiger partial charge in [0.25, 0.3) is 5.91 Å². The molecule has 2 fully saturated rings. The Hall–Kier alpha value is -2.19. The maximum absolute atomic E-state index is 13.1. The Bertz CT molecular complexity index is 941. The van der Waals surface area contributed by atoms with Crippen LogP contribution < -0.4 is 0 Å². The molecule has 2 aromatic rings. The molecule has 2 aliphatic heterocycles. The number of aryl methyl sites for hydroxylation is 1. The molecule has 8 heteroatoms. The highest BCUT2D eigenvalue weighted by atomic mass is 32.2. The molecule has 0 radical (unpaired) electrons. The number of hydrogen-bond acceptors (Lipinski definition) is 4. The van der Waals surface area contributed by atoms with E-state index < -0.39 is 15.6 Å². The number of carbonyl (C=O) groups is 1. The molecule has 3 heterocycles. The van der Waals surface area contributed by atoms with E-state index in [2.05, 4.69) is 4.98 Å². The van der Waals surface area contributed by atoms with E-state index in [0.29, 0.717) is 30.2 Å². The zero-order chi connectivity index (χ0) is 19.1. The molecule has 0 aliphatic carbocycles. The number of piperidine rings is 1. The highest BCUT2D eigenvalue weighted by Gasteiger charge is 2.48. The maximum Gasteiger partial charge on any atom is 0.274 e. The molecule has 1 spiro atoms. The zero-order valence-electron chi connectivity index (χ0n) is 15.4. The molecule has 0 N–H and O–H groups in total. The van der Waals surface area contributed by atoms with Gasteiger partial charge in [0.05, 0.1) is 16.8 Å². The molecule has 144 valence electrons. The number of hydrogen-bond donors (Lipinski definition) is 0. The number of likely N-dealkylation sites (tertiary alicyclic amines) is 1. The molecule has 1 aromatic heterocycles. The number of sulfonamides is 1. The molecule has 1 unspecified atom stereocenters. The number of aromatic nitrogens is 2. The SMILES string of the molecule is Cn1cnc(C(=O)N2CCCC23CCCN(S(=O)(=O)c2ccccc2)C3)c1. The molecule has 0 bridgehead atoms. The maximum atomic E-state index is 13.1. The van der Waals surface area contributed by atoms with Crippen LogP contribution in [0.3, 0.4) is 0 Å². The highest BCUT2D eigenvalue weighted by Crippen LogP contribution is 2.39. The number of amides is 1. The van der Waals surface area contributed by atoms with Crippen LogP contribution in [0, 0.1) is 0 Å². The monoisotopic (exact) mass is 388 g/mol. The number of nitrogens with zero attached hydrogens (tertiary/aromatic N) is 4. The first-order valence-electron chi connectivity index (χ1n) is 9.28. The van der Waals surface area contributed by atoms with E-state index in [4.69, 9.17) is 0 Å². The van der Waals surface area contributed by atoms with Crippen LogP contribution in [0.2, 0.25) is 0 Å². The van der Waals surface area contributed by atoms with Crippen LogP contribution >= 0.6 is 0 Å². The molecule has 7 nitrogen and oxygen atoms in total. The first-order valence-corrected chi connectivity index (χ1v) is 10.7. The Kier molecular flexibility index (Phi) is 4.55. The molecular formula is C19H24N4O3S. The van der Waals surface area contributed by atoms with Crippen molar-refractivity contribution >= 4 is 15.9 Å². The second kappa shape index (κ2) is 6.76. The van der Waals surface area contributed by atoms with E-state index in [0.717, 1.165) is 25.7 Å². The normalized spacial score (nSPS) is 23.8. The molecule has 2 saturated heterocycles. The lowest BCUT2D eigenvalue weighted by molar-refractivity contribution is 0.0442. The van der Waals surface area contributed by atoms with Gasteiger partial charge >= 0.3 is 0 Å². The fourth-order valence-corrected chi connectivity index (χ4v) is 5.94. The molecule has 2 aliphatic rings. The minimum absolute atomic E-state index is 0.105. The van der Waals surface area contributed by atoms with Crippen LogP contribution in [0.4, 0.5) is 0 Å². The Morgan fingerprint density at radius 3 is 2.48 bits per heavy atom. The fraction of sp³-hybridized carbons (Fsp3) is 0.474. The minimum Gasteiger partial charge on any atom is -0.340 e. The van der Waals surface area contributed by atoms with Gasteiger partial charge in [-0.3, -0.25) is 4.79 Å². The summed E-state index contributed by atoms with van der Waals surface area (Å²) >= 11 is 0. The molecule has 0 saturated carbocycles. The summed E-state index contributed by atoms with van der Waals surface area (Å²) in [6.07, 6.45) is 6.62. The summed E-state index contributed by atoms with van der Waals surface area (Å²) in [7, 11) is -1.73. The predicted octanol–water partition coefficient (Wildman–Crippen LogP) is 1.88. The molecule has 27 heavy (non-hydrogen) atoms. The van der Waals surface area contributed by atoms with Gasteiger partial charge in [0, 0.05) is 32.9 Å².